The van der Waals surface area contributed by atoms with Crippen LogP contribution >= 0.6 is 0 Å². The summed E-state index contributed by atoms with van der Waals surface area (Å²) >= 11 is 0. The van der Waals surface area contributed by atoms with E-state index in [0.29, 0.717) is 41.5 Å². The number of methoxy groups -OCH3 is 1. The molecule has 0 saturated carbocycles. The van der Waals surface area contributed by atoms with Crippen molar-refractivity contribution in [3.63, 3.8) is 0 Å². The maximum Gasteiger partial charge on any atom is 0.259 e. The molecule has 0 heterocycles. The number of ether oxygens (including phenoxy) is 2. The summed E-state index contributed by atoms with van der Waals surface area (Å²) in [7, 11) is 1.57. The number of carbonyl (C=O) groups excluding carboxylic acids is 2. The van der Waals surface area contributed by atoms with Crippen LogP contribution in [0.2, 0.25) is 0 Å². The van der Waals surface area contributed by atoms with Gasteiger partial charge in [0.25, 0.3) is 11.8 Å². The standard InChI is InChI=1S/C23H21FN2O4/c1-29-13-14-30-21-8-3-2-7-20(21)23(28)26-19-6-4-5-16(15-19)22(27)25-18-11-9-17(24)10-12-18/h2-12,15H,13-14H2,1H3,(H,25,27)(H,26,28). The third-order valence-corrected chi connectivity index (χ3v) is 4.16. The molecule has 0 saturated heterocycles. The van der Waals surface area contributed by atoms with Crippen LogP contribution in [0.5, 0.6) is 5.75 Å². The maximum atomic E-state index is 13.0. The molecule has 0 radical (unpaired) electrons. The quantitative estimate of drug-likeness (QED) is 0.543. The summed E-state index contributed by atoms with van der Waals surface area (Å²) in [6, 6.07) is 18.9. The van der Waals surface area contributed by atoms with Crippen molar-refractivity contribution in [3.05, 3.63) is 89.7 Å². The van der Waals surface area contributed by atoms with Gasteiger partial charge in [-0.05, 0) is 54.6 Å². The summed E-state index contributed by atoms with van der Waals surface area (Å²) in [4.78, 5) is 25.2. The molecule has 30 heavy (non-hydrogen) atoms. The van der Waals surface area contributed by atoms with E-state index in [-0.39, 0.29) is 17.6 Å². The van der Waals surface area contributed by atoms with E-state index in [9.17, 15) is 14.0 Å². The number of amides is 2. The predicted octanol–water partition coefficient (Wildman–Crippen LogP) is 4.36. The molecule has 3 aromatic rings. The molecule has 0 atom stereocenters. The molecule has 0 aliphatic carbocycles. The second kappa shape index (κ2) is 10.2. The van der Waals surface area contributed by atoms with E-state index in [0.717, 1.165) is 0 Å². The lowest BCUT2D eigenvalue weighted by molar-refractivity contribution is 0.101. The van der Waals surface area contributed by atoms with Crippen LogP contribution in [0, 0.1) is 5.82 Å². The largest absolute Gasteiger partial charge is 0.490 e. The summed E-state index contributed by atoms with van der Waals surface area (Å²) in [5, 5.41) is 5.46. The van der Waals surface area contributed by atoms with Crippen molar-refractivity contribution in [1.29, 1.82) is 0 Å². The fourth-order valence-corrected chi connectivity index (χ4v) is 2.69. The van der Waals surface area contributed by atoms with Crippen molar-refractivity contribution < 1.29 is 23.5 Å². The van der Waals surface area contributed by atoms with Crippen molar-refractivity contribution in [2.75, 3.05) is 31.0 Å². The first-order chi connectivity index (χ1) is 14.6. The second-order valence-corrected chi connectivity index (χ2v) is 6.33. The summed E-state index contributed by atoms with van der Waals surface area (Å²) in [5.41, 5.74) is 1.65. The Morgan fingerprint density at radius 1 is 0.833 bits per heavy atom. The smallest absolute Gasteiger partial charge is 0.259 e. The van der Waals surface area contributed by atoms with Crippen LogP contribution in [-0.2, 0) is 4.74 Å². The lowest BCUT2D eigenvalue weighted by Gasteiger charge is -2.12. The Bertz CT molecular complexity index is 1020. The van der Waals surface area contributed by atoms with Crippen LogP contribution in [0.15, 0.2) is 72.8 Å². The first-order valence-electron chi connectivity index (χ1n) is 9.26. The average Bonchev–Trinajstić information content (AvgIpc) is 2.76. The van der Waals surface area contributed by atoms with E-state index >= 15 is 0 Å². The Hall–Kier alpha value is -3.71. The Labute approximate surface area is 173 Å². The van der Waals surface area contributed by atoms with E-state index in [4.69, 9.17) is 9.47 Å². The van der Waals surface area contributed by atoms with Crippen molar-refractivity contribution in [1.82, 2.24) is 0 Å². The second-order valence-electron chi connectivity index (χ2n) is 6.33. The van der Waals surface area contributed by atoms with Gasteiger partial charge in [0.2, 0.25) is 0 Å². The zero-order chi connectivity index (χ0) is 21.3. The third-order valence-electron chi connectivity index (χ3n) is 4.16. The van der Waals surface area contributed by atoms with Gasteiger partial charge in [0.1, 0.15) is 18.2 Å². The molecule has 0 aliphatic heterocycles. The monoisotopic (exact) mass is 408 g/mol. The SMILES string of the molecule is COCCOc1ccccc1C(=O)Nc1cccc(C(=O)Nc2ccc(F)cc2)c1. The molecule has 6 nitrogen and oxygen atoms in total. The molecular weight excluding hydrogens is 387 g/mol. The van der Waals surface area contributed by atoms with E-state index < -0.39 is 0 Å². The molecule has 0 unspecified atom stereocenters. The van der Waals surface area contributed by atoms with Gasteiger partial charge in [-0.1, -0.05) is 18.2 Å². The number of carbonyl (C=O) groups is 2. The lowest BCUT2D eigenvalue weighted by atomic mass is 10.1. The molecule has 0 spiro atoms. The van der Waals surface area contributed by atoms with Gasteiger partial charge in [-0.15, -0.1) is 0 Å². The average molecular weight is 408 g/mol. The fourth-order valence-electron chi connectivity index (χ4n) is 2.69. The van der Waals surface area contributed by atoms with Crippen molar-refractivity contribution >= 4 is 23.2 Å². The maximum absolute atomic E-state index is 13.0. The van der Waals surface area contributed by atoms with Crippen molar-refractivity contribution in [2.45, 2.75) is 0 Å². The van der Waals surface area contributed by atoms with Gasteiger partial charge in [-0.3, -0.25) is 9.59 Å². The van der Waals surface area contributed by atoms with Crippen LogP contribution < -0.4 is 15.4 Å². The minimum absolute atomic E-state index is 0.319. The number of hydrogen-bond acceptors (Lipinski definition) is 4. The normalized spacial score (nSPS) is 10.3. The van der Waals surface area contributed by atoms with Gasteiger partial charge in [0, 0.05) is 24.0 Å². The van der Waals surface area contributed by atoms with Crippen LogP contribution in [0.4, 0.5) is 15.8 Å². The van der Waals surface area contributed by atoms with Crippen LogP contribution in [0.1, 0.15) is 20.7 Å². The first-order valence-corrected chi connectivity index (χ1v) is 9.26. The summed E-state index contributed by atoms with van der Waals surface area (Å²) in [5.74, 6) is -0.679. The lowest BCUT2D eigenvalue weighted by Crippen LogP contribution is -2.16. The molecule has 2 amide bonds. The fraction of sp³-hybridized carbons (Fsp3) is 0.130. The minimum atomic E-state index is -0.385. The Kier molecular flexibility index (Phi) is 7.13. The van der Waals surface area contributed by atoms with E-state index in [1.54, 1.807) is 55.6 Å². The molecule has 0 aliphatic rings. The Morgan fingerprint density at radius 3 is 2.33 bits per heavy atom. The zero-order valence-corrected chi connectivity index (χ0v) is 16.4. The number of rotatable bonds is 8. The Morgan fingerprint density at radius 2 is 1.57 bits per heavy atom. The van der Waals surface area contributed by atoms with Crippen LogP contribution in [0.3, 0.4) is 0 Å². The molecule has 0 fully saturated rings. The van der Waals surface area contributed by atoms with Crippen LogP contribution in [0.25, 0.3) is 0 Å². The molecule has 7 heteroatoms. The van der Waals surface area contributed by atoms with Crippen molar-refractivity contribution in [2.24, 2.45) is 0 Å². The molecule has 3 aromatic carbocycles. The molecular formula is C23H21FN2O4. The topological polar surface area (TPSA) is 76.7 Å². The zero-order valence-electron chi connectivity index (χ0n) is 16.4. The number of nitrogens with one attached hydrogen (secondary N) is 2. The molecule has 2 N–H and O–H groups in total. The summed E-state index contributed by atoms with van der Waals surface area (Å²) < 4.78 is 23.6. The van der Waals surface area contributed by atoms with Gasteiger partial charge in [-0.25, -0.2) is 4.39 Å². The van der Waals surface area contributed by atoms with Crippen LogP contribution in [-0.4, -0.2) is 32.1 Å². The highest BCUT2D eigenvalue weighted by Crippen LogP contribution is 2.21. The first kappa shape index (κ1) is 21.0. The van der Waals surface area contributed by atoms with Gasteiger partial charge < -0.3 is 20.1 Å². The third kappa shape index (κ3) is 5.65. The van der Waals surface area contributed by atoms with Crippen molar-refractivity contribution in [3.8, 4) is 5.75 Å². The summed E-state index contributed by atoms with van der Waals surface area (Å²) in [6.45, 7) is 0.723. The minimum Gasteiger partial charge on any atom is -0.490 e. The number of benzene rings is 3. The number of para-hydroxylation sites is 1. The highest BCUT2D eigenvalue weighted by atomic mass is 19.1. The molecule has 3 rings (SSSR count). The van der Waals surface area contributed by atoms with E-state index in [2.05, 4.69) is 10.6 Å². The van der Waals surface area contributed by atoms with Gasteiger partial charge >= 0.3 is 0 Å². The summed E-state index contributed by atoms with van der Waals surface area (Å²) in [6.07, 6.45) is 0. The highest BCUT2D eigenvalue weighted by molar-refractivity contribution is 6.08. The number of halogens is 1. The van der Waals surface area contributed by atoms with Gasteiger partial charge in [-0.2, -0.15) is 0 Å². The van der Waals surface area contributed by atoms with E-state index in [1.807, 2.05) is 0 Å². The highest BCUT2D eigenvalue weighted by Gasteiger charge is 2.14. The molecule has 154 valence electrons. The predicted molar refractivity (Wildman–Crippen MR) is 113 cm³/mol. The van der Waals surface area contributed by atoms with E-state index in [1.165, 1.54) is 24.3 Å². The van der Waals surface area contributed by atoms with Gasteiger partial charge in [0.15, 0.2) is 0 Å². The number of hydrogen-bond donors (Lipinski definition) is 2. The molecule has 0 aromatic heterocycles. The molecule has 0 bridgehead atoms. The van der Waals surface area contributed by atoms with Gasteiger partial charge in [0.05, 0.1) is 12.2 Å². The number of anilines is 2. The Balaban J connectivity index is 1.70.